The maximum absolute atomic E-state index is 6.29. The maximum atomic E-state index is 6.29. The van der Waals surface area contributed by atoms with Crippen molar-refractivity contribution < 1.29 is 18.3 Å². The van der Waals surface area contributed by atoms with Crippen LogP contribution in [0.25, 0.3) is 0 Å². The van der Waals surface area contributed by atoms with Crippen molar-refractivity contribution in [3.05, 3.63) is 0 Å². The molecular formula is C15H32O4Si. The molecule has 0 aromatic heterocycles. The first-order valence-electron chi connectivity index (χ1n) is 7.92. The monoisotopic (exact) mass is 304 g/mol. The highest BCUT2D eigenvalue weighted by Crippen LogP contribution is 2.50. The zero-order valence-corrected chi connectivity index (χ0v) is 15.1. The van der Waals surface area contributed by atoms with E-state index in [1.807, 2.05) is 21.0 Å². The van der Waals surface area contributed by atoms with Crippen LogP contribution in [-0.4, -0.2) is 47.3 Å². The van der Waals surface area contributed by atoms with Gasteiger partial charge in [-0.3, -0.25) is 0 Å². The van der Waals surface area contributed by atoms with Crippen LogP contribution in [0.4, 0.5) is 0 Å². The Morgan fingerprint density at radius 3 is 1.90 bits per heavy atom. The predicted octanol–water partition coefficient (Wildman–Crippen LogP) is 3.28. The summed E-state index contributed by atoms with van der Waals surface area (Å²) in [7, 11) is -0.663. The SMILES string of the molecule is CCCC(OC)(C1(C)COC1)[Si](CC)(OCC)OCC. The van der Waals surface area contributed by atoms with Crippen LogP contribution in [-0.2, 0) is 18.3 Å². The molecule has 1 unspecified atom stereocenters. The molecule has 4 nitrogen and oxygen atoms in total. The van der Waals surface area contributed by atoms with Gasteiger partial charge >= 0.3 is 8.56 Å². The molecule has 1 atom stereocenters. The molecule has 0 amide bonds. The van der Waals surface area contributed by atoms with Crippen LogP contribution < -0.4 is 0 Å². The minimum Gasteiger partial charge on any atom is -0.393 e. The zero-order chi connectivity index (χ0) is 15.3. The summed E-state index contributed by atoms with van der Waals surface area (Å²) in [4.78, 5) is 0. The largest absolute Gasteiger partial charge is 0.393 e. The summed E-state index contributed by atoms with van der Waals surface area (Å²) in [5, 5.41) is -0.340. The van der Waals surface area contributed by atoms with Crippen molar-refractivity contribution >= 4 is 8.56 Å². The lowest BCUT2D eigenvalue weighted by Crippen LogP contribution is -2.74. The first-order valence-corrected chi connectivity index (χ1v) is 9.94. The van der Waals surface area contributed by atoms with Gasteiger partial charge in [0, 0.05) is 25.7 Å². The predicted molar refractivity (Wildman–Crippen MR) is 83.1 cm³/mol. The van der Waals surface area contributed by atoms with E-state index in [0.29, 0.717) is 13.2 Å². The van der Waals surface area contributed by atoms with Gasteiger partial charge in [0.05, 0.1) is 13.2 Å². The third kappa shape index (κ3) is 2.71. The maximum Gasteiger partial charge on any atom is 0.371 e. The second-order valence-corrected chi connectivity index (χ2v) is 9.41. The molecule has 1 rings (SSSR count). The quantitative estimate of drug-likeness (QED) is 0.580. The Hall–Kier alpha value is 0.0569. The molecule has 20 heavy (non-hydrogen) atoms. The van der Waals surface area contributed by atoms with E-state index in [0.717, 1.165) is 32.1 Å². The number of rotatable bonds is 10. The van der Waals surface area contributed by atoms with Crippen molar-refractivity contribution in [2.24, 2.45) is 5.41 Å². The minimum absolute atomic E-state index is 0.00959. The molecule has 0 aromatic carbocycles. The lowest BCUT2D eigenvalue weighted by atomic mass is 9.79. The van der Waals surface area contributed by atoms with Crippen LogP contribution in [0.1, 0.15) is 47.5 Å². The summed E-state index contributed by atoms with van der Waals surface area (Å²) in [5.74, 6) is 0. The van der Waals surface area contributed by atoms with Gasteiger partial charge in [-0.15, -0.1) is 0 Å². The van der Waals surface area contributed by atoms with E-state index in [9.17, 15) is 0 Å². The Balaban J connectivity index is 3.28. The number of hydrogen-bond acceptors (Lipinski definition) is 4. The van der Waals surface area contributed by atoms with Gasteiger partial charge in [0.2, 0.25) is 0 Å². The van der Waals surface area contributed by atoms with Crippen LogP contribution in [0.3, 0.4) is 0 Å². The zero-order valence-electron chi connectivity index (χ0n) is 14.1. The molecule has 0 saturated carbocycles. The molecule has 120 valence electrons. The molecule has 0 N–H and O–H groups in total. The fourth-order valence-electron chi connectivity index (χ4n) is 3.68. The standard InChI is InChI=1S/C15H32O4Si/c1-7-11-15(16-6,14(5)12-17-13-14)20(10-4,18-8-2)19-9-3/h7-13H2,1-6H3. The van der Waals surface area contributed by atoms with Gasteiger partial charge in [0.25, 0.3) is 0 Å². The highest BCUT2D eigenvalue weighted by atomic mass is 28.4. The molecule has 0 aliphatic carbocycles. The van der Waals surface area contributed by atoms with Crippen molar-refractivity contribution in [1.82, 2.24) is 0 Å². The van der Waals surface area contributed by atoms with Crippen LogP contribution in [0.2, 0.25) is 6.04 Å². The highest BCUT2D eigenvalue weighted by molar-refractivity contribution is 6.70. The third-order valence-corrected chi connectivity index (χ3v) is 9.33. The van der Waals surface area contributed by atoms with Gasteiger partial charge in [-0.2, -0.15) is 0 Å². The van der Waals surface area contributed by atoms with Gasteiger partial charge in [0.1, 0.15) is 5.22 Å². The Bertz CT molecular complexity index is 288. The average molecular weight is 305 g/mol. The first kappa shape index (κ1) is 18.1. The smallest absolute Gasteiger partial charge is 0.371 e. The molecule has 5 heteroatoms. The normalized spacial score (nSPS) is 21.3. The molecule has 1 aliphatic rings. The van der Waals surface area contributed by atoms with Gasteiger partial charge in [0.15, 0.2) is 0 Å². The number of methoxy groups -OCH3 is 1. The Morgan fingerprint density at radius 2 is 1.65 bits per heavy atom. The summed E-state index contributed by atoms with van der Waals surface area (Å²) < 4.78 is 24.3. The second kappa shape index (κ2) is 7.36. The third-order valence-electron chi connectivity index (χ3n) is 4.60. The van der Waals surface area contributed by atoms with E-state index in [1.165, 1.54) is 0 Å². The van der Waals surface area contributed by atoms with E-state index in [4.69, 9.17) is 18.3 Å². The van der Waals surface area contributed by atoms with Crippen molar-refractivity contribution in [2.45, 2.75) is 58.7 Å². The van der Waals surface area contributed by atoms with E-state index in [2.05, 4.69) is 20.8 Å². The van der Waals surface area contributed by atoms with Crippen molar-refractivity contribution in [1.29, 1.82) is 0 Å². The molecule has 1 saturated heterocycles. The number of ether oxygens (including phenoxy) is 2. The highest BCUT2D eigenvalue weighted by Gasteiger charge is 2.67. The second-order valence-electron chi connectivity index (χ2n) is 5.81. The Labute approximate surface area is 125 Å². The Kier molecular flexibility index (Phi) is 6.66. The summed E-state index contributed by atoms with van der Waals surface area (Å²) >= 11 is 0. The number of hydrogen-bond donors (Lipinski definition) is 0. The lowest BCUT2D eigenvalue weighted by molar-refractivity contribution is -0.208. The molecular weight excluding hydrogens is 272 g/mol. The topological polar surface area (TPSA) is 36.9 Å². The molecule has 0 spiro atoms. The van der Waals surface area contributed by atoms with E-state index in [1.54, 1.807) is 0 Å². The van der Waals surface area contributed by atoms with Gasteiger partial charge in [-0.25, -0.2) is 0 Å². The van der Waals surface area contributed by atoms with Gasteiger partial charge in [-0.1, -0.05) is 27.2 Å². The fourth-order valence-corrected chi connectivity index (χ4v) is 8.15. The minimum atomic E-state index is -2.48. The van der Waals surface area contributed by atoms with Crippen LogP contribution in [0.5, 0.6) is 0 Å². The molecule has 1 heterocycles. The molecule has 1 fully saturated rings. The molecule has 0 bridgehead atoms. The summed E-state index contributed by atoms with van der Waals surface area (Å²) in [6.45, 7) is 13.5. The van der Waals surface area contributed by atoms with Crippen LogP contribution >= 0.6 is 0 Å². The van der Waals surface area contributed by atoms with Crippen molar-refractivity contribution in [3.8, 4) is 0 Å². The molecule has 0 aromatic rings. The van der Waals surface area contributed by atoms with Crippen molar-refractivity contribution in [2.75, 3.05) is 33.5 Å². The summed E-state index contributed by atoms with van der Waals surface area (Å²) in [6.07, 6.45) is 2.02. The van der Waals surface area contributed by atoms with E-state index < -0.39 is 8.56 Å². The fraction of sp³-hybridized carbons (Fsp3) is 1.00. The Morgan fingerprint density at radius 1 is 1.10 bits per heavy atom. The molecule has 0 radical (unpaired) electrons. The van der Waals surface area contributed by atoms with Gasteiger partial charge in [-0.05, 0) is 26.3 Å². The molecule has 1 aliphatic heterocycles. The van der Waals surface area contributed by atoms with E-state index >= 15 is 0 Å². The van der Waals surface area contributed by atoms with Crippen LogP contribution in [0, 0.1) is 5.41 Å². The van der Waals surface area contributed by atoms with Gasteiger partial charge < -0.3 is 18.3 Å². The summed E-state index contributed by atoms with van der Waals surface area (Å²) in [6, 6.07) is 0.901. The average Bonchev–Trinajstić information content (AvgIpc) is 2.42. The summed E-state index contributed by atoms with van der Waals surface area (Å²) in [5.41, 5.74) is -0.00959. The van der Waals surface area contributed by atoms with Crippen molar-refractivity contribution in [3.63, 3.8) is 0 Å². The first-order chi connectivity index (χ1) is 9.51. The lowest BCUT2D eigenvalue weighted by Gasteiger charge is -2.58. The van der Waals surface area contributed by atoms with Crippen LogP contribution in [0.15, 0.2) is 0 Å². The van der Waals surface area contributed by atoms with E-state index in [-0.39, 0.29) is 10.6 Å².